The summed E-state index contributed by atoms with van der Waals surface area (Å²) in [5, 5.41) is 8.12. The summed E-state index contributed by atoms with van der Waals surface area (Å²) in [6.07, 6.45) is -5.94. The average molecular weight is 666 g/mol. The third-order valence-electron chi connectivity index (χ3n) is 10.1. The largest absolute Gasteiger partial charge is 0.389 e. The number of Topliss-reactive ketones (excluding diaryl/α,β-unsaturated/α-hetero) is 1. The van der Waals surface area contributed by atoms with E-state index >= 15 is 0 Å². The van der Waals surface area contributed by atoms with E-state index in [9.17, 15) is 37.1 Å². The first-order chi connectivity index (χ1) is 21.8. The van der Waals surface area contributed by atoms with Gasteiger partial charge < -0.3 is 31.3 Å². The predicted octanol–water partition coefficient (Wildman–Crippen LogP) is 2.50. The van der Waals surface area contributed by atoms with Crippen LogP contribution in [0.1, 0.15) is 58.6 Å². The number of urea groups is 1. The summed E-state index contributed by atoms with van der Waals surface area (Å²) in [5.74, 6) is -4.96. The smallest absolute Gasteiger partial charge is 0.383 e. The summed E-state index contributed by atoms with van der Waals surface area (Å²) in [6.45, 7) is 10.1. The SMILES string of the molecule is COC[C@@H](NC(=O)N[C@H](C(=O)N1CC2C([C@H]1C(=O)NC(CCC(F)(F)F)C(=O)C(N)=O)C2(C)C)C1Cc2ccccc2C1)C(C)(C)C. The van der Waals surface area contributed by atoms with Crippen LogP contribution in [0.2, 0.25) is 0 Å². The molecule has 4 rings (SSSR count). The quantitative estimate of drug-likeness (QED) is 0.251. The lowest BCUT2D eigenvalue weighted by atomic mass is 9.87. The van der Waals surface area contributed by atoms with Gasteiger partial charge in [-0.25, -0.2) is 4.79 Å². The predicted molar refractivity (Wildman–Crippen MR) is 166 cm³/mol. The molecule has 11 nitrogen and oxygen atoms in total. The standard InChI is InChI=1S/C33H46F3N5O6/c1-31(2,3)22(16-47-6)39-30(46)40-24(19-13-17-9-7-8-10-18(17)14-19)29(45)41-15-20-23(32(20,4)5)25(41)28(44)38-21(26(42)27(37)43)11-12-33(34,35)36/h7-10,19-25H,11-16H2,1-6H3,(H2,37,43)(H,38,44)(H2,39,40,46)/t20?,21?,22-,23?,24+,25+/m1/s1. The van der Waals surface area contributed by atoms with Gasteiger partial charge in [0.1, 0.15) is 12.1 Å². The summed E-state index contributed by atoms with van der Waals surface area (Å²) in [5.41, 5.74) is 6.45. The van der Waals surface area contributed by atoms with E-state index in [-0.39, 0.29) is 47.8 Å². The van der Waals surface area contributed by atoms with Crippen molar-refractivity contribution in [1.82, 2.24) is 20.9 Å². The third-order valence-corrected chi connectivity index (χ3v) is 10.1. The van der Waals surface area contributed by atoms with Crippen molar-refractivity contribution in [2.45, 2.75) is 90.6 Å². The maximum Gasteiger partial charge on any atom is 0.389 e. The highest BCUT2D eigenvalue weighted by Crippen LogP contribution is 2.65. The van der Waals surface area contributed by atoms with Crippen molar-refractivity contribution in [1.29, 1.82) is 0 Å². The van der Waals surface area contributed by atoms with Crippen molar-refractivity contribution in [2.24, 2.45) is 34.3 Å². The number of amides is 5. The number of fused-ring (bicyclic) bond motifs is 2. The zero-order chi connectivity index (χ0) is 35.1. The minimum absolute atomic E-state index is 0.0927. The van der Waals surface area contributed by atoms with Gasteiger partial charge in [-0.3, -0.25) is 19.2 Å². The molecule has 0 aromatic heterocycles. The number of methoxy groups -OCH3 is 1. The number of nitrogens with two attached hydrogens (primary N) is 1. The summed E-state index contributed by atoms with van der Waals surface area (Å²) in [4.78, 5) is 67.3. The molecule has 1 aromatic carbocycles. The average Bonchev–Trinajstić information content (AvgIpc) is 3.34. The van der Waals surface area contributed by atoms with E-state index < -0.39 is 66.7 Å². The van der Waals surface area contributed by atoms with E-state index in [0.717, 1.165) is 11.1 Å². The van der Waals surface area contributed by atoms with Crippen molar-refractivity contribution >= 4 is 29.5 Å². The fourth-order valence-electron chi connectivity index (χ4n) is 7.22. The Morgan fingerprint density at radius 2 is 1.62 bits per heavy atom. The molecule has 0 radical (unpaired) electrons. The molecule has 6 atom stereocenters. The number of hydrogen-bond donors (Lipinski definition) is 4. The molecule has 3 aliphatic rings. The second-order valence-corrected chi connectivity index (χ2v) is 14.7. The Bertz CT molecular complexity index is 1370. The van der Waals surface area contributed by atoms with Gasteiger partial charge >= 0.3 is 12.2 Å². The Kier molecular flexibility index (Phi) is 10.3. The highest BCUT2D eigenvalue weighted by atomic mass is 19.4. The first kappa shape index (κ1) is 36.2. The van der Waals surface area contributed by atoms with E-state index in [4.69, 9.17) is 10.5 Å². The van der Waals surface area contributed by atoms with Crippen LogP contribution in [0, 0.1) is 28.6 Å². The molecule has 5 amide bonds. The number of nitrogens with zero attached hydrogens (tertiary/aromatic N) is 1. The molecule has 1 heterocycles. The number of ether oxygens (including phenoxy) is 1. The molecule has 260 valence electrons. The zero-order valence-electron chi connectivity index (χ0n) is 27.7. The second-order valence-electron chi connectivity index (χ2n) is 14.7. The van der Waals surface area contributed by atoms with E-state index in [0.29, 0.717) is 12.8 Å². The van der Waals surface area contributed by atoms with Crippen LogP contribution < -0.4 is 21.7 Å². The van der Waals surface area contributed by atoms with Gasteiger partial charge in [0.2, 0.25) is 17.6 Å². The summed E-state index contributed by atoms with van der Waals surface area (Å²) in [7, 11) is 1.52. The van der Waals surface area contributed by atoms with Crippen molar-refractivity contribution in [2.75, 3.05) is 20.3 Å². The van der Waals surface area contributed by atoms with Crippen LogP contribution in [-0.2, 0) is 36.8 Å². The van der Waals surface area contributed by atoms with Gasteiger partial charge in [-0.2, -0.15) is 13.2 Å². The minimum atomic E-state index is -4.65. The number of ketones is 1. The van der Waals surface area contributed by atoms with Crippen molar-refractivity contribution in [3.8, 4) is 0 Å². The molecule has 5 N–H and O–H groups in total. The Labute approximate surface area is 272 Å². The van der Waals surface area contributed by atoms with Gasteiger partial charge in [0.05, 0.1) is 18.7 Å². The molecule has 2 fully saturated rings. The molecule has 1 saturated carbocycles. The van der Waals surface area contributed by atoms with Crippen LogP contribution in [0.4, 0.5) is 18.0 Å². The number of rotatable bonds is 12. The van der Waals surface area contributed by atoms with Gasteiger partial charge in [0.25, 0.3) is 5.91 Å². The van der Waals surface area contributed by atoms with Crippen LogP contribution >= 0.6 is 0 Å². The number of carbonyl (C=O) groups is 5. The van der Waals surface area contributed by atoms with E-state index in [1.807, 2.05) is 58.9 Å². The molecule has 0 bridgehead atoms. The topological polar surface area (TPSA) is 160 Å². The zero-order valence-corrected chi connectivity index (χ0v) is 27.7. The Morgan fingerprint density at radius 1 is 1.02 bits per heavy atom. The first-order valence-electron chi connectivity index (χ1n) is 15.9. The van der Waals surface area contributed by atoms with Crippen LogP contribution in [0.5, 0.6) is 0 Å². The highest BCUT2D eigenvalue weighted by molar-refractivity contribution is 6.37. The monoisotopic (exact) mass is 665 g/mol. The number of alkyl halides is 3. The molecule has 47 heavy (non-hydrogen) atoms. The molecule has 1 aromatic rings. The van der Waals surface area contributed by atoms with Crippen LogP contribution in [0.25, 0.3) is 0 Å². The first-order valence-corrected chi connectivity index (χ1v) is 15.9. The lowest BCUT2D eigenvalue weighted by Gasteiger charge is -2.36. The molecule has 14 heteroatoms. The summed E-state index contributed by atoms with van der Waals surface area (Å²) >= 11 is 0. The minimum Gasteiger partial charge on any atom is -0.383 e. The number of hydrogen-bond acceptors (Lipinski definition) is 6. The Balaban J connectivity index is 1.61. The van der Waals surface area contributed by atoms with E-state index in [1.54, 1.807) is 0 Å². The molecule has 1 aliphatic heterocycles. The number of benzene rings is 1. The van der Waals surface area contributed by atoms with E-state index in [2.05, 4.69) is 16.0 Å². The Morgan fingerprint density at radius 3 is 2.13 bits per heavy atom. The maximum absolute atomic E-state index is 14.5. The molecule has 0 spiro atoms. The molecular formula is C33H46F3N5O6. The van der Waals surface area contributed by atoms with Gasteiger partial charge in [0.15, 0.2) is 0 Å². The van der Waals surface area contributed by atoms with Crippen LogP contribution in [0.15, 0.2) is 24.3 Å². The third kappa shape index (κ3) is 8.07. The van der Waals surface area contributed by atoms with Crippen LogP contribution in [-0.4, -0.2) is 85.0 Å². The summed E-state index contributed by atoms with van der Waals surface area (Å²) in [6, 6.07) is 2.76. The number of halogens is 3. The van der Waals surface area contributed by atoms with Gasteiger partial charge in [0, 0.05) is 20.1 Å². The number of carbonyl (C=O) groups excluding carboxylic acids is 5. The maximum atomic E-state index is 14.5. The number of primary amides is 1. The number of nitrogens with one attached hydrogen (secondary N) is 3. The van der Waals surface area contributed by atoms with Crippen molar-refractivity contribution in [3.05, 3.63) is 35.4 Å². The molecular weight excluding hydrogens is 619 g/mol. The van der Waals surface area contributed by atoms with Gasteiger partial charge in [-0.05, 0) is 59.0 Å². The Hall–Kier alpha value is -3.68. The summed E-state index contributed by atoms with van der Waals surface area (Å²) < 4.78 is 44.4. The normalized spacial score (nSPS) is 23.6. The number of piperidine rings is 1. The fourth-order valence-corrected chi connectivity index (χ4v) is 7.22. The van der Waals surface area contributed by atoms with Crippen molar-refractivity contribution < 1.29 is 41.9 Å². The molecule has 3 unspecified atom stereocenters. The fraction of sp³-hybridized carbons (Fsp3) is 0.667. The second kappa shape index (κ2) is 13.4. The van der Waals surface area contributed by atoms with E-state index in [1.165, 1.54) is 12.0 Å². The molecule has 2 aliphatic carbocycles. The van der Waals surface area contributed by atoms with Gasteiger partial charge in [-0.1, -0.05) is 58.9 Å². The van der Waals surface area contributed by atoms with Crippen molar-refractivity contribution in [3.63, 3.8) is 0 Å². The van der Waals surface area contributed by atoms with Gasteiger partial charge in [-0.15, -0.1) is 0 Å². The highest BCUT2D eigenvalue weighted by Gasteiger charge is 2.70. The lowest BCUT2D eigenvalue weighted by Crippen LogP contribution is -2.61. The molecule has 1 saturated heterocycles. The lowest BCUT2D eigenvalue weighted by molar-refractivity contribution is -0.147. The number of likely N-dealkylation sites (tertiary alicyclic amines) is 1. The van der Waals surface area contributed by atoms with Crippen LogP contribution in [0.3, 0.4) is 0 Å².